The van der Waals surface area contributed by atoms with Gasteiger partial charge in [-0.2, -0.15) is 5.26 Å². The zero-order chi connectivity index (χ0) is 29.1. The Hall–Kier alpha value is -5.05. The van der Waals surface area contributed by atoms with E-state index < -0.39 is 0 Å². The van der Waals surface area contributed by atoms with Crippen LogP contribution in [0.4, 0.5) is 10.3 Å². The summed E-state index contributed by atoms with van der Waals surface area (Å²) in [5, 5.41) is 19.6. The molecule has 42 heavy (non-hydrogen) atoms. The highest BCUT2D eigenvalue weighted by Gasteiger charge is 2.25. The summed E-state index contributed by atoms with van der Waals surface area (Å²) in [4.78, 5) is 16.0. The van der Waals surface area contributed by atoms with Crippen molar-refractivity contribution < 1.29 is 13.9 Å². The van der Waals surface area contributed by atoms with Crippen LogP contribution in [0.1, 0.15) is 11.4 Å². The van der Waals surface area contributed by atoms with Crippen molar-refractivity contribution in [3.05, 3.63) is 116 Å². The van der Waals surface area contributed by atoms with Crippen LogP contribution in [-0.4, -0.2) is 52.7 Å². The van der Waals surface area contributed by atoms with Crippen LogP contribution in [0.2, 0.25) is 0 Å². The van der Waals surface area contributed by atoms with Crippen molar-refractivity contribution in [2.45, 2.75) is 0 Å². The molecule has 2 aromatic heterocycles. The number of rotatable bonds is 6. The molecule has 1 aliphatic heterocycles. The van der Waals surface area contributed by atoms with Gasteiger partial charge in [0.1, 0.15) is 27.9 Å². The molecule has 0 unspecified atom stereocenters. The third-order valence-corrected chi connectivity index (χ3v) is 7.92. The lowest BCUT2D eigenvalue weighted by molar-refractivity contribution is 0.122. The maximum Gasteiger partial charge on any atom is 0.273 e. The van der Waals surface area contributed by atoms with Gasteiger partial charge < -0.3 is 14.4 Å². The number of hydrogen-bond donors (Lipinski definition) is 0. The molecule has 1 fully saturated rings. The highest BCUT2D eigenvalue weighted by atomic mass is 32.1. The molecule has 0 bridgehead atoms. The van der Waals surface area contributed by atoms with Crippen molar-refractivity contribution in [3.63, 3.8) is 0 Å². The second-order valence-corrected chi connectivity index (χ2v) is 10.4. The molecule has 3 aromatic carbocycles. The lowest BCUT2D eigenvalue weighted by atomic mass is 10.2. The van der Waals surface area contributed by atoms with Gasteiger partial charge in [0, 0.05) is 13.1 Å². The fraction of sp³-hybridized carbons (Fsp3) is 0.161. The molecule has 0 aliphatic carbocycles. The van der Waals surface area contributed by atoms with Gasteiger partial charge in [-0.1, -0.05) is 30.3 Å². The molecule has 11 heteroatoms. The molecule has 0 N–H and O–H groups in total. The summed E-state index contributed by atoms with van der Waals surface area (Å²) in [6, 6.07) is 24.8. The molecule has 0 spiro atoms. The Morgan fingerprint density at radius 2 is 1.67 bits per heavy atom. The van der Waals surface area contributed by atoms with E-state index in [1.54, 1.807) is 49.6 Å². The normalized spacial score (nSPS) is 14.5. The van der Waals surface area contributed by atoms with Crippen LogP contribution < -0.4 is 24.4 Å². The maximum atomic E-state index is 13.9. The average molecular weight is 581 g/mol. The van der Waals surface area contributed by atoms with Crippen molar-refractivity contribution in [2.24, 2.45) is 0 Å². The van der Waals surface area contributed by atoms with Crippen molar-refractivity contribution in [2.75, 3.05) is 38.3 Å². The number of morpholine rings is 1. The van der Waals surface area contributed by atoms with Crippen LogP contribution in [0.3, 0.4) is 0 Å². The first kappa shape index (κ1) is 27.1. The van der Waals surface area contributed by atoms with Gasteiger partial charge in [-0.25, -0.2) is 4.39 Å². The third kappa shape index (κ3) is 5.21. The molecule has 3 heterocycles. The number of nitriles is 1. The lowest BCUT2D eigenvalue weighted by Crippen LogP contribution is -2.38. The second-order valence-electron chi connectivity index (χ2n) is 9.39. The van der Waals surface area contributed by atoms with Crippen molar-refractivity contribution in [1.29, 1.82) is 5.26 Å². The Balaban J connectivity index is 1.65. The predicted molar refractivity (Wildman–Crippen MR) is 158 cm³/mol. The first-order chi connectivity index (χ1) is 20.6. The van der Waals surface area contributed by atoms with Gasteiger partial charge in [0.25, 0.3) is 5.56 Å². The molecule has 0 amide bonds. The number of para-hydroxylation sites is 1. The van der Waals surface area contributed by atoms with E-state index in [0.29, 0.717) is 64.3 Å². The summed E-state index contributed by atoms with van der Waals surface area (Å²) < 4.78 is 28.5. The monoisotopic (exact) mass is 580 g/mol. The van der Waals surface area contributed by atoms with Crippen molar-refractivity contribution >= 4 is 28.9 Å². The number of methoxy groups -OCH3 is 1. The molecule has 1 aliphatic rings. The smallest absolute Gasteiger partial charge is 0.273 e. The number of halogens is 1. The number of ether oxygens (including phenoxy) is 2. The van der Waals surface area contributed by atoms with Gasteiger partial charge >= 0.3 is 0 Å². The Labute approximate surface area is 244 Å². The van der Waals surface area contributed by atoms with E-state index in [0.717, 1.165) is 17.0 Å². The molecular weight excluding hydrogens is 555 g/mol. The van der Waals surface area contributed by atoms with E-state index in [9.17, 15) is 14.4 Å². The highest BCUT2D eigenvalue weighted by molar-refractivity contribution is 7.07. The van der Waals surface area contributed by atoms with Gasteiger partial charge in [0.05, 0.1) is 36.2 Å². The summed E-state index contributed by atoms with van der Waals surface area (Å²) >= 11 is 1.16. The number of thiazole rings is 1. The molecule has 0 radical (unpaired) electrons. The minimum absolute atomic E-state index is 0.183. The van der Waals surface area contributed by atoms with Gasteiger partial charge in [0.15, 0.2) is 5.82 Å². The molecule has 6 rings (SSSR count). The Kier molecular flexibility index (Phi) is 7.64. The van der Waals surface area contributed by atoms with Crippen LogP contribution in [0, 0.1) is 17.1 Å². The number of benzene rings is 3. The van der Waals surface area contributed by atoms with E-state index in [1.165, 1.54) is 16.7 Å². The van der Waals surface area contributed by atoms with Crippen molar-refractivity contribution in [3.8, 4) is 23.2 Å². The molecule has 9 nitrogen and oxygen atoms in total. The van der Waals surface area contributed by atoms with Gasteiger partial charge in [-0.15, -0.1) is 21.5 Å². The Morgan fingerprint density at radius 3 is 2.33 bits per heavy atom. The van der Waals surface area contributed by atoms with Crippen LogP contribution in [0.5, 0.6) is 5.75 Å². The zero-order valence-electron chi connectivity index (χ0n) is 22.6. The number of hydrogen-bond acceptors (Lipinski definition) is 8. The molecule has 1 saturated heterocycles. The fourth-order valence-electron chi connectivity index (χ4n) is 4.74. The van der Waals surface area contributed by atoms with Crippen LogP contribution in [0.25, 0.3) is 23.0 Å². The van der Waals surface area contributed by atoms with E-state index in [2.05, 4.69) is 21.2 Å². The molecule has 0 saturated carbocycles. The minimum Gasteiger partial charge on any atom is -0.497 e. The first-order valence-electron chi connectivity index (χ1n) is 13.2. The number of aromatic nitrogens is 4. The van der Waals surface area contributed by atoms with E-state index >= 15 is 0 Å². The zero-order valence-corrected chi connectivity index (χ0v) is 23.4. The molecule has 5 aromatic rings. The number of anilines is 1. The first-order valence-corrected chi connectivity index (χ1v) is 14.0. The Bertz CT molecular complexity index is 1940. The highest BCUT2D eigenvalue weighted by Crippen LogP contribution is 2.24. The third-order valence-electron chi connectivity index (χ3n) is 6.83. The van der Waals surface area contributed by atoms with E-state index in [4.69, 9.17) is 9.47 Å². The summed E-state index contributed by atoms with van der Waals surface area (Å²) in [5.74, 6) is 1.15. The predicted octanol–water partition coefficient (Wildman–Crippen LogP) is 3.02. The molecule has 210 valence electrons. The maximum absolute atomic E-state index is 13.9. The van der Waals surface area contributed by atoms with Crippen molar-refractivity contribution in [1.82, 2.24) is 19.3 Å². The van der Waals surface area contributed by atoms with E-state index in [-0.39, 0.29) is 16.9 Å². The second kappa shape index (κ2) is 11.8. The van der Waals surface area contributed by atoms with Crippen LogP contribution >= 0.6 is 11.3 Å². The summed E-state index contributed by atoms with van der Waals surface area (Å²) in [7, 11) is 1.57. The quantitative estimate of drug-likeness (QED) is 0.305. The minimum atomic E-state index is -0.369. The largest absolute Gasteiger partial charge is 0.497 e. The molecular formula is C31H25FN6O3S. The Morgan fingerprint density at radius 1 is 0.976 bits per heavy atom. The van der Waals surface area contributed by atoms with Gasteiger partial charge in [-0.05, 0) is 60.2 Å². The van der Waals surface area contributed by atoms with Crippen LogP contribution in [0.15, 0.2) is 83.7 Å². The summed E-state index contributed by atoms with van der Waals surface area (Å²) in [6.45, 7) is 2.35. The molecule has 0 atom stereocenters. The van der Waals surface area contributed by atoms with Gasteiger partial charge in [0.2, 0.25) is 5.95 Å². The average Bonchev–Trinajstić information content (AvgIpc) is 3.61. The standard InChI is InChI=1S/C31H25FN6O3S/c1-40-25-13-11-24(12-14-25)38-29(39)27(19-21-7-9-22(32)10-8-21)42-30(38)26(20-33)28-34-35-31(36-15-17-41-18-16-36)37(28)23-5-3-2-4-6-23/h2-14,19H,15-18H2,1H3/b27-19+,30-26-. The van der Waals surface area contributed by atoms with Gasteiger partial charge in [-0.3, -0.25) is 13.9 Å². The summed E-state index contributed by atoms with van der Waals surface area (Å²) in [5.41, 5.74) is 1.85. The SMILES string of the molecule is COc1ccc(-n2c(=O)/c(=C\c3ccc(F)cc3)s/c2=C(/C#N)c2nnc(N3CCOCC3)n2-c2ccccc2)cc1. The lowest BCUT2D eigenvalue weighted by Gasteiger charge is -2.28. The van der Waals surface area contributed by atoms with Crippen LogP contribution in [-0.2, 0) is 4.74 Å². The number of nitrogens with zero attached hydrogens (tertiary/aromatic N) is 6. The van der Waals surface area contributed by atoms with E-state index in [1.807, 2.05) is 34.9 Å². The topological polar surface area (TPSA) is 98.2 Å². The summed E-state index contributed by atoms with van der Waals surface area (Å²) in [6.07, 6.45) is 1.69. The fourth-order valence-corrected chi connectivity index (χ4v) is 5.84.